The minimum absolute atomic E-state index is 0.334. The summed E-state index contributed by atoms with van der Waals surface area (Å²) in [6.45, 7) is 2.16. The largest absolute Gasteiger partial charge is 0.475 e. The standard InChI is InChI=1S/C10H12N4O/c1-8-13-9(4-2-5-11)10(14-8)15-7-3-6-12/h2-4,7H2,1H3,(H,13,14). The number of nitrogens with zero attached hydrogens (tertiary/aromatic N) is 3. The molecule has 1 rings (SSSR count). The van der Waals surface area contributed by atoms with Crippen LogP contribution in [-0.4, -0.2) is 16.6 Å². The molecule has 0 aliphatic carbocycles. The summed E-state index contributed by atoms with van der Waals surface area (Å²) >= 11 is 0. The highest BCUT2D eigenvalue weighted by Gasteiger charge is 2.08. The highest BCUT2D eigenvalue weighted by molar-refractivity contribution is 5.21. The summed E-state index contributed by atoms with van der Waals surface area (Å²) in [4.78, 5) is 7.17. The summed E-state index contributed by atoms with van der Waals surface area (Å²) < 4.78 is 5.32. The molecule has 1 N–H and O–H groups in total. The zero-order valence-electron chi connectivity index (χ0n) is 8.58. The van der Waals surface area contributed by atoms with Crippen LogP contribution < -0.4 is 4.74 Å². The number of hydrogen-bond acceptors (Lipinski definition) is 4. The number of H-pyrrole nitrogens is 1. The van der Waals surface area contributed by atoms with Crippen molar-refractivity contribution in [2.75, 3.05) is 6.61 Å². The number of nitriles is 2. The first kappa shape index (κ1) is 11.1. The van der Waals surface area contributed by atoms with Crippen LogP contribution in [0.3, 0.4) is 0 Å². The molecule has 0 atom stereocenters. The molecular formula is C10H12N4O. The van der Waals surface area contributed by atoms with E-state index in [9.17, 15) is 0 Å². The van der Waals surface area contributed by atoms with E-state index >= 15 is 0 Å². The normalized spacial score (nSPS) is 9.27. The molecule has 1 aromatic heterocycles. The van der Waals surface area contributed by atoms with Crippen LogP contribution in [0.2, 0.25) is 0 Å². The predicted molar refractivity (Wildman–Crippen MR) is 53.0 cm³/mol. The minimum atomic E-state index is 0.334. The van der Waals surface area contributed by atoms with Gasteiger partial charge < -0.3 is 9.72 Å². The second-order valence-corrected chi connectivity index (χ2v) is 3.02. The Kier molecular flexibility index (Phi) is 4.18. The van der Waals surface area contributed by atoms with Crippen molar-refractivity contribution in [3.8, 4) is 18.0 Å². The molecule has 0 fully saturated rings. The van der Waals surface area contributed by atoms with Crippen LogP contribution in [0.5, 0.6) is 5.88 Å². The van der Waals surface area contributed by atoms with Gasteiger partial charge in [0.15, 0.2) is 0 Å². The number of nitrogens with one attached hydrogen (secondary N) is 1. The molecule has 78 valence electrons. The fourth-order valence-corrected chi connectivity index (χ4v) is 1.18. The van der Waals surface area contributed by atoms with Gasteiger partial charge >= 0.3 is 0 Å². The molecule has 0 aliphatic rings. The molecule has 5 heteroatoms. The molecule has 0 bridgehead atoms. The first-order valence-corrected chi connectivity index (χ1v) is 4.70. The van der Waals surface area contributed by atoms with Gasteiger partial charge in [0.25, 0.3) is 0 Å². The van der Waals surface area contributed by atoms with E-state index in [-0.39, 0.29) is 0 Å². The van der Waals surface area contributed by atoms with Crippen LogP contribution in [0, 0.1) is 29.6 Å². The first-order chi connectivity index (χ1) is 7.27. The van der Waals surface area contributed by atoms with Gasteiger partial charge in [0.2, 0.25) is 5.88 Å². The summed E-state index contributed by atoms with van der Waals surface area (Å²) in [5, 5.41) is 16.8. The van der Waals surface area contributed by atoms with E-state index in [0.717, 1.165) is 11.5 Å². The topological polar surface area (TPSA) is 85.5 Å². The minimum Gasteiger partial charge on any atom is -0.475 e. The van der Waals surface area contributed by atoms with Crippen molar-refractivity contribution in [3.63, 3.8) is 0 Å². The van der Waals surface area contributed by atoms with Crippen molar-refractivity contribution in [2.45, 2.75) is 26.2 Å². The first-order valence-electron chi connectivity index (χ1n) is 4.70. The van der Waals surface area contributed by atoms with E-state index in [2.05, 4.69) is 16.0 Å². The number of ether oxygens (including phenoxy) is 1. The molecule has 0 amide bonds. The summed E-state index contributed by atoms with van der Waals surface area (Å²) in [6, 6.07) is 4.06. The van der Waals surface area contributed by atoms with Gasteiger partial charge in [0, 0.05) is 12.8 Å². The number of aromatic nitrogens is 2. The van der Waals surface area contributed by atoms with E-state index in [1.165, 1.54) is 0 Å². The Morgan fingerprint density at radius 2 is 2.07 bits per heavy atom. The quantitative estimate of drug-likeness (QED) is 0.736. The van der Waals surface area contributed by atoms with Crippen molar-refractivity contribution in [2.24, 2.45) is 0 Å². The number of rotatable bonds is 5. The van der Waals surface area contributed by atoms with Crippen LogP contribution in [-0.2, 0) is 6.42 Å². The Bertz CT molecular complexity index is 397. The molecule has 0 aliphatic heterocycles. The SMILES string of the molecule is Cc1nc(OCCC#N)c(CCC#N)[nH]1. The average molecular weight is 204 g/mol. The lowest BCUT2D eigenvalue weighted by atomic mass is 10.2. The molecule has 5 nitrogen and oxygen atoms in total. The molecule has 0 radical (unpaired) electrons. The maximum absolute atomic E-state index is 8.47. The van der Waals surface area contributed by atoms with Gasteiger partial charge in [-0.2, -0.15) is 15.5 Å². The maximum Gasteiger partial charge on any atom is 0.235 e. The van der Waals surface area contributed by atoms with Gasteiger partial charge in [0.1, 0.15) is 12.4 Å². The number of aryl methyl sites for hydroxylation is 2. The van der Waals surface area contributed by atoms with Crippen LogP contribution in [0.15, 0.2) is 0 Å². The highest BCUT2D eigenvalue weighted by Crippen LogP contribution is 2.16. The lowest BCUT2D eigenvalue weighted by molar-refractivity contribution is 0.311. The number of imidazole rings is 1. The van der Waals surface area contributed by atoms with Crippen molar-refractivity contribution in [1.82, 2.24) is 9.97 Å². The van der Waals surface area contributed by atoms with Gasteiger partial charge in [-0.3, -0.25) is 0 Å². The average Bonchev–Trinajstić information content (AvgIpc) is 2.56. The molecular weight excluding hydrogens is 192 g/mol. The lowest BCUT2D eigenvalue weighted by Gasteiger charge is -2.01. The Balaban J connectivity index is 2.61. The van der Waals surface area contributed by atoms with Crippen molar-refractivity contribution >= 4 is 0 Å². The van der Waals surface area contributed by atoms with Gasteiger partial charge in [0.05, 0.1) is 24.3 Å². The van der Waals surface area contributed by atoms with Gasteiger partial charge in [-0.15, -0.1) is 0 Å². The molecule has 0 spiro atoms. The smallest absolute Gasteiger partial charge is 0.235 e. The van der Waals surface area contributed by atoms with E-state index < -0.39 is 0 Å². The Hall–Kier alpha value is -2.01. The Labute approximate surface area is 88.3 Å². The molecule has 0 aromatic carbocycles. The zero-order chi connectivity index (χ0) is 11.1. The second kappa shape index (κ2) is 5.66. The predicted octanol–water partition coefficient (Wildman–Crippen LogP) is 1.47. The van der Waals surface area contributed by atoms with Crippen molar-refractivity contribution in [1.29, 1.82) is 10.5 Å². The maximum atomic E-state index is 8.47. The fraction of sp³-hybridized carbons (Fsp3) is 0.500. The molecule has 0 saturated carbocycles. The number of hydrogen-bond donors (Lipinski definition) is 1. The van der Waals surface area contributed by atoms with Crippen molar-refractivity contribution < 1.29 is 4.74 Å². The van der Waals surface area contributed by atoms with Crippen LogP contribution >= 0.6 is 0 Å². The third kappa shape index (κ3) is 3.32. The monoisotopic (exact) mass is 204 g/mol. The number of aromatic amines is 1. The van der Waals surface area contributed by atoms with Gasteiger partial charge in [-0.25, -0.2) is 0 Å². The Morgan fingerprint density at radius 1 is 1.33 bits per heavy atom. The molecule has 0 saturated heterocycles. The van der Waals surface area contributed by atoms with Crippen LogP contribution in [0.4, 0.5) is 0 Å². The third-order valence-corrected chi connectivity index (χ3v) is 1.80. The molecule has 15 heavy (non-hydrogen) atoms. The molecule has 1 aromatic rings. The molecule has 1 heterocycles. The highest BCUT2D eigenvalue weighted by atomic mass is 16.5. The van der Waals surface area contributed by atoms with E-state index in [0.29, 0.717) is 31.7 Å². The summed E-state index contributed by atoms with van der Waals surface area (Å²) in [5.74, 6) is 1.27. The Morgan fingerprint density at radius 3 is 2.73 bits per heavy atom. The molecule has 0 unspecified atom stereocenters. The fourth-order valence-electron chi connectivity index (χ4n) is 1.18. The van der Waals surface area contributed by atoms with Crippen LogP contribution in [0.25, 0.3) is 0 Å². The van der Waals surface area contributed by atoms with E-state index in [1.807, 2.05) is 13.0 Å². The second-order valence-electron chi connectivity index (χ2n) is 3.02. The third-order valence-electron chi connectivity index (χ3n) is 1.80. The zero-order valence-corrected chi connectivity index (χ0v) is 8.58. The summed E-state index contributed by atoms with van der Waals surface area (Å²) in [5.41, 5.74) is 0.826. The summed E-state index contributed by atoms with van der Waals surface area (Å²) in [7, 11) is 0. The summed E-state index contributed by atoms with van der Waals surface area (Å²) in [6.07, 6.45) is 1.36. The van der Waals surface area contributed by atoms with E-state index in [4.69, 9.17) is 15.3 Å². The van der Waals surface area contributed by atoms with Crippen LogP contribution in [0.1, 0.15) is 24.4 Å². The van der Waals surface area contributed by atoms with Gasteiger partial charge in [-0.05, 0) is 6.92 Å². The van der Waals surface area contributed by atoms with E-state index in [1.54, 1.807) is 0 Å². The lowest BCUT2D eigenvalue weighted by Crippen LogP contribution is -1.99. The van der Waals surface area contributed by atoms with Crippen molar-refractivity contribution in [3.05, 3.63) is 11.5 Å². The van der Waals surface area contributed by atoms with Gasteiger partial charge in [-0.1, -0.05) is 0 Å².